The van der Waals surface area contributed by atoms with Crippen molar-refractivity contribution in [1.82, 2.24) is 0 Å². The van der Waals surface area contributed by atoms with E-state index in [1.54, 1.807) is 6.07 Å². The second-order valence-corrected chi connectivity index (χ2v) is 6.93. The van der Waals surface area contributed by atoms with Crippen molar-refractivity contribution in [1.29, 1.82) is 0 Å². The molecule has 0 heterocycles. The van der Waals surface area contributed by atoms with Crippen molar-refractivity contribution in [2.45, 2.75) is 6.42 Å². The van der Waals surface area contributed by atoms with Crippen LogP contribution in [0.3, 0.4) is 0 Å². The van der Waals surface area contributed by atoms with E-state index in [1.165, 1.54) is 18.2 Å². The maximum absolute atomic E-state index is 12.4. The molecule has 0 aliphatic rings. The first-order chi connectivity index (χ1) is 15.1. The molecule has 4 aromatic rings. The lowest BCUT2D eigenvalue weighted by atomic mass is 10.0. The van der Waals surface area contributed by atoms with E-state index in [0.29, 0.717) is 23.4 Å². The van der Waals surface area contributed by atoms with Gasteiger partial charge in [-0.1, -0.05) is 71.9 Å². The third-order valence-corrected chi connectivity index (χ3v) is 4.77. The van der Waals surface area contributed by atoms with Gasteiger partial charge in [-0.15, -0.1) is 0 Å². The predicted molar refractivity (Wildman–Crippen MR) is 121 cm³/mol. The number of hydrogen-bond acceptors (Lipinski definition) is 5. The number of aromatic hydroxyl groups is 2. The van der Waals surface area contributed by atoms with Gasteiger partial charge in [0.2, 0.25) is 0 Å². The van der Waals surface area contributed by atoms with Crippen molar-refractivity contribution in [3.05, 3.63) is 102 Å². The third kappa shape index (κ3) is 4.82. The lowest BCUT2D eigenvalue weighted by Crippen LogP contribution is -2.14. The standard InChI is InChI=1S/C25H20N2O4/c28-19-13-14-21(24(29)16-19)23(15-17-7-2-1-3-8-17)27-31-25(30)26-22-12-6-10-18-9-4-5-11-20(18)22/h1-14,16,28-29H,15H2,(H,26,30)/b27-23+. The summed E-state index contributed by atoms with van der Waals surface area (Å²) in [5.41, 5.74) is 2.23. The number of benzene rings is 4. The van der Waals surface area contributed by atoms with Crippen molar-refractivity contribution < 1.29 is 19.8 Å². The van der Waals surface area contributed by atoms with Crippen molar-refractivity contribution >= 4 is 28.3 Å². The van der Waals surface area contributed by atoms with Gasteiger partial charge in [-0.25, -0.2) is 4.79 Å². The van der Waals surface area contributed by atoms with Crippen LogP contribution in [-0.2, 0) is 11.3 Å². The molecule has 0 saturated carbocycles. The molecule has 31 heavy (non-hydrogen) atoms. The fourth-order valence-corrected chi connectivity index (χ4v) is 3.29. The van der Waals surface area contributed by atoms with Crippen LogP contribution >= 0.6 is 0 Å². The SMILES string of the molecule is O=C(Nc1cccc2ccccc12)O/N=C(\Cc1ccccc1)c1ccc(O)cc1O. The summed E-state index contributed by atoms with van der Waals surface area (Å²) in [4.78, 5) is 17.6. The van der Waals surface area contributed by atoms with E-state index < -0.39 is 6.09 Å². The first-order valence-corrected chi connectivity index (χ1v) is 9.69. The molecule has 6 heteroatoms. The molecule has 0 spiro atoms. The van der Waals surface area contributed by atoms with Gasteiger partial charge in [-0.05, 0) is 29.1 Å². The first kappa shape index (κ1) is 20.0. The molecule has 0 aliphatic heterocycles. The van der Waals surface area contributed by atoms with Gasteiger partial charge in [-0.3, -0.25) is 10.2 Å². The highest BCUT2D eigenvalue weighted by Crippen LogP contribution is 2.25. The summed E-state index contributed by atoms with van der Waals surface area (Å²) in [6, 6.07) is 26.9. The fraction of sp³-hybridized carbons (Fsp3) is 0.0400. The average Bonchev–Trinajstić information content (AvgIpc) is 2.78. The second kappa shape index (κ2) is 9.00. The van der Waals surface area contributed by atoms with Gasteiger partial charge in [0.1, 0.15) is 11.5 Å². The maximum atomic E-state index is 12.4. The number of phenols is 2. The van der Waals surface area contributed by atoms with E-state index in [2.05, 4.69) is 10.5 Å². The van der Waals surface area contributed by atoms with Crippen LogP contribution in [0.15, 0.2) is 96.2 Å². The molecule has 0 fully saturated rings. The number of nitrogens with one attached hydrogen (secondary N) is 1. The minimum atomic E-state index is -0.750. The molecule has 4 aromatic carbocycles. The average molecular weight is 412 g/mol. The Morgan fingerprint density at radius 1 is 0.871 bits per heavy atom. The van der Waals surface area contributed by atoms with E-state index in [9.17, 15) is 15.0 Å². The van der Waals surface area contributed by atoms with Crippen molar-refractivity contribution in [3.63, 3.8) is 0 Å². The van der Waals surface area contributed by atoms with Gasteiger partial charge in [-0.2, -0.15) is 0 Å². The highest BCUT2D eigenvalue weighted by molar-refractivity contribution is 6.04. The van der Waals surface area contributed by atoms with Crippen molar-refractivity contribution in [2.24, 2.45) is 5.16 Å². The van der Waals surface area contributed by atoms with Crippen LogP contribution in [0.5, 0.6) is 11.5 Å². The molecule has 0 bridgehead atoms. The number of fused-ring (bicyclic) bond motifs is 1. The number of oxime groups is 1. The van der Waals surface area contributed by atoms with Crippen LogP contribution in [0.2, 0.25) is 0 Å². The number of nitrogens with zero attached hydrogens (tertiary/aromatic N) is 1. The van der Waals surface area contributed by atoms with Crippen LogP contribution in [-0.4, -0.2) is 22.0 Å². The highest BCUT2D eigenvalue weighted by atomic mass is 16.7. The molecule has 0 radical (unpaired) electrons. The molecular formula is C25H20N2O4. The molecule has 0 unspecified atom stereocenters. The maximum Gasteiger partial charge on any atom is 0.437 e. The summed E-state index contributed by atoms with van der Waals surface area (Å²) in [6.45, 7) is 0. The lowest BCUT2D eigenvalue weighted by Gasteiger charge is -2.10. The molecule has 3 N–H and O–H groups in total. The predicted octanol–water partition coefficient (Wildman–Crippen LogP) is 5.45. The number of amides is 1. The molecule has 0 saturated heterocycles. The summed E-state index contributed by atoms with van der Waals surface area (Å²) >= 11 is 0. The first-order valence-electron chi connectivity index (χ1n) is 9.69. The van der Waals surface area contributed by atoms with Crippen LogP contribution in [0.1, 0.15) is 11.1 Å². The van der Waals surface area contributed by atoms with Crippen LogP contribution in [0.4, 0.5) is 10.5 Å². The monoisotopic (exact) mass is 412 g/mol. The molecule has 0 aliphatic carbocycles. The molecule has 0 atom stereocenters. The quantitative estimate of drug-likeness (QED) is 0.231. The Morgan fingerprint density at radius 2 is 1.61 bits per heavy atom. The van der Waals surface area contributed by atoms with Gasteiger partial charge >= 0.3 is 6.09 Å². The summed E-state index contributed by atoms with van der Waals surface area (Å²) in [6.07, 6.45) is -0.430. The van der Waals surface area contributed by atoms with Gasteiger partial charge in [0, 0.05) is 23.4 Å². The van der Waals surface area contributed by atoms with Crippen LogP contribution in [0, 0.1) is 0 Å². The third-order valence-electron chi connectivity index (χ3n) is 4.77. The minimum absolute atomic E-state index is 0.0741. The summed E-state index contributed by atoms with van der Waals surface area (Å²) in [7, 11) is 0. The topological polar surface area (TPSA) is 91.2 Å². The van der Waals surface area contributed by atoms with Crippen molar-refractivity contribution in [3.8, 4) is 11.5 Å². The Bertz CT molecular complexity index is 1250. The number of anilines is 1. The molecule has 154 valence electrons. The van der Waals surface area contributed by atoms with E-state index >= 15 is 0 Å². The minimum Gasteiger partial charge on any atom is -0.508 e. The van der Waals surface area contributed by atoms with E-state index in [0.717, 1.165) is 16.3 Å². The lowest BCUT2D eigenvalue weighted by molar-refractivity contribution is 0.166. The van der Waals surface area contributed by atoms with E-state index in [1.807, 2.05) is 66.7 Å². The Labute approximate surface area is 179 Å². The van der Waals surface area contributed by atoms with Crippen LogP contribution < -0.4 is 5.32 Å². The van der Waals surface area contributed by atoms with Gasteiger partial charge < -0.3 is 10.2 Å². The number of carbonyl (C=O) groups excluding carboxylic acids is 1. The normalized spacial score (nSPS) is 11.3. The zero-order valence-electron chi connectivity index (χ0n) is 16.5. The summed E-state index contributed by atoms with van der Waals surface area (Å²) < 4.78 is 0. The summed E-state index contributed by atoms with van der Waals surface area (Å²) in [5.74, 6) is -0.234. The molecule has 1 amide bonds. The summed E-state index contributed by atoms with van der Waals surface area (Å²) in [5, 5.41) is 28.4. The van der Waals surface area contributed by atoms with Gasteiger partial charge in [0.05, 0.1) is 11.4 Å². The van der Waals surface area contributed by atoms with Gasteiger partial charge in [0.25, 0.3) is 0 Å². The molecule has 4 rings (SSSR count). The number of rotatable bonds is 5. The van der Waals surface area contributed by atoms with Gasteiger partial charge in [0.15, 0.2) is 0 Å². The van der Waals surface area contributed by atoms with E-state index in [4.69, 9.17) is 4.84 Å². The zero-order valence-corrected chi connectivity index (χ0v) is 16.5. The zero-order chi connectivity index (χ0) is 21.6. The number of hydrogen-bond donors (Lipinski definition) is 3. The second-order valence-electron chi connectivity index (χ2n) is 6.93. The van der Waals surface area contributed by atoms with Crippen LogP contribution in [0.25, 0.3) is 10.8 Å². The Kier molecular flexibility index (Phi) is 5.80. The number of phenolic OH excluding ortho intramolecular Hbond substituents is 2. The number of carbonyl (C=O) groups is 1. The molecule has 6 nitrogen and oxygen atoms in total. The Balaban J connectivity index is 1.58. The largest absolute Gasteiger partial charge is 0.508 e. The highest BCUT2D eigenvalue weighted by Gasteiger charge is 2.14. The Morgan fingerprint density at radius 3 is 2.42 bits per heavy atom. The molecular weight excluding hydrogens is 392 g/mol. The molecule has 0 aromatic heterocycles. The van der Waals surface area contributed by atoms with E-state index in [-0.39, 0.29) is 11.5 Å². The Hall–Kier alpha value is -4.32. The smallest absolute Gasteiger partial charge is 0.437 e. The fourth-order valence-electron chi connectivity index (χ4n) is 3.29. The van der Waals surface area contributed by atoms with Crippen molar-refractivity contribution in [2.75, 3.05) is 5.32 Å².